The third-order valence-electron chi connectivity index (χ3n) is 5.33. The Morgan fingerprint density at radius 3 is 2.28 bits per heavy atom. The maximum absolute atomic E-state index is 13.0. The highest BCUT2D eigenvalue weighted by atomic mass is 32.2. The predicted octanol–water partition coefficient (Wildman–Crippen LogP) is 3.34. The molecule has 1 saturated heterocycles. The van der Waals surface area contributed by atoms with Crippen LogP contribution in [0.25, 0.3) is 0 Å². The molecule has 1 fully saturated rings. The van der Waals surface area contributed by atoms with E-state index in [-0.39, 0.29) is 35.6 Å². The van der Waals surface area contributed by atoms with Crippen LogP contribution in [0.4, 0.5) is 5.69 Å². The van der Waals surface area contributed by atoms with Crippen molar-refractivity contribution < 1.29 is 18.0 Å². The molecule has 0 atom stereocenters. The quantitative estimate of drug-likeness (QED) is 0.680. The van der Waals surface area contributed by atoms with Crippen LogP contribution in [0.1, 0.15) is 37.0 Å². The Labute approximate surface area is 172 Å². The zero-order valence-corrected chi connectivity index (χ0v) is 17.6. The van der Waals surface area contributed by atoms with Crippen molar-refractivity contribution in [2.75, 3.05) is 24.5 Å². The Hall–Kier alpha value is -2.51. The number of hydrogen-bond acceptors (Lipinski definition) is 4. The topological polar surface area (TPSA) is 74.8 Å². The molecule has 1 amide bonds. The Bertz CT molecular complexity index is 981. The van der Waals surface area contributed by atoms with Crippen LogP contribution in [-0.4, -0.2) is 44.0 Å². The number of sulfonamides is 1. The second kappa shape index (κ2) is 8.88. The van der Waals surface area contributed by atoms with Gasteiger partial charge < -0.3 is 4.90 Å². The lowest BCUT2D eigenvalue weighted by Gasteiger charge is -2.33. The first-order chi connectivity index (χ1) is 13.8. The van der Waals surface area contributed by atoms with Crippen LogP contribution in [0, 0.1) is 5.92 Å². The van der Waals surface area contributed by atoms with Gasteiger partial charge in [0.15, 0.2) is 5.78 Å². The molecule has 0 unspecified atom stereocenters. The molecule has 154 valence electrons. The average molecular weight is 415 g/mol. The molecule has 0 radical (unpaired) electrons. The van der Waals surface area contributed by atoms with Gasteiger partial charge in [-0.25, -0.2) is 8.42 Å². The summed E-state index contributed by atoms with van der Waals surface area (Å²) in [6, 6.07) is 15.6. The summed E-state index contributed by atoms with van der Waals surface area (Å²) in [7, 11) is -3.69. The maximum Gasteiger partial charge on any atom is 0.243 e. The number of carbonyl (C=O) groups excluding carboxylic acids is 2. The molecule has 2 aromatic carbocycles. The largest absolute Gasteiger partial charge is 0.312 e. The van der Waals surface area contributed by atoms with Crippen molar-refractivity contribution in [1.82, 2.24) is 4.31 Å². The van der Waals surface area contributed by atoms with Crippen LogP contribution in [0.5, 0.6) is 0 Å². The first-order valence-electron chi connectivity index (χ1n) is 9.82. The lowest BCUT2D eigenvalue weighted by Crippen LogP contribution is -2.44. The van der Waals surface area contributed by atoms with Crippen LogP contribution >= 0.6 is 0 Å². The molecule has 0 bridgehead atoms. The molecule has 6 nitrogen and oxygen atoms in total. The number of carbonyl (C=O) groups is 2. The third-order valence-corrected chi connectivity index (χ3v) is 7.23. The van der Waals surface area contributed by atoms with Gasteiger partial charge in [0.05, 0.1) is 4.90 Å². The third kappa shape index (κ3) is 4.57. The van der Waals surface area contributed by atoms with Gasteiger partial charge in [-0.2, -0.15) is 4.31 Å². The standard InChI is InChI=1S/C22H26N2O4S/c1-3-24(20-9-5-4-6-10-20)22(26)18-12-14-23(15-13-18)29(27,28)21-11-7-8-19(16-21)17(2)25/h4-11,16,18H,3,12-15H2,1-2H3. The number of Topliss-reactive ketones (excluding diaryl/α,β-unsaturated/α-hetero) is 1. The van der Waals surface area contributed by atoms with Crippen molar-refractivity contribution in [2.45, 2.75) is 31.6 Å². The average Bonchev–Trinajstić information content (AvgIpc) is 2.75. The molecule has 0 aliphatic carbocycles. The first-order valence-corrected chi connectivity index (χ1v) is 11.3. The second-order valence-electron chi connectivity index (χ2n) is 7.18. The number of rotatable bonds is 6. The highest BCUT2D eigenvalue weighted by Crippen LogP contribution is 2.27. The minimum atomic E-state index is -3.69. The van der Waals surface area contributed by atoms with Gasteiger partial charge in [0.25, 0.3) is 0 Å². The molecule has 1 heterocycles. The van der Waals surface area contributed by atoms with E-state index in [9.17, 15) is 18.0 Å². The summed E-state index contributed by atoms with van der Waals surface area (Å²) in [5.74, 6) is -0.341. The molecule has 2 aromatic rings. The second-order valence-corrected chi connectivity index (χ2v) is 9.12. The van der Waals surface area contributed by atoms with Crippen molar-refractivity contribution >= 4 is 27.4 Å². The van der Waals surface area contributed by atoms with E-state index in [0.29, 0.717) is 24.9 Å². The summed E-state index contributed by atoms with van der Waals surface area (Å²) < 4.78 is 27.4. The maximum atomic E-state index is 13.0. The fourth-order valence-corrected chi connectivity index (χ4v) is 5.18. The molecule has 3 rings (SSSR count). The first kappa shape index (κ1) is 21.2. The summed E-state index contributed by atoms with van der Waals surface area (Å²) in [5.41, 5.74) is 1.23. The lowest BCUT2D eigenvalue weighted by atomic mass is 9.96. The van der Waals surface area contributed by atoms with Gasteiger partial charge in [-0.1, -0.05) is 30.3 Å². The van der Waals surface area contributed by atoms with E-state index in [1.807, 2.05) is 37.3 Å². The van der Waals surface area contributed by atoms with E-state index in [1.165, 1.54) is 23.4 Å². The van der Waals surface area contributed by atoms with Gasteiger partial charge in [0, 0.05) is 36.8 Å². The fraction of sp³-hybridized carbons (Fsp3) is 0.364. The number of amides is 1. The monoisotopic (exact) mass is 414 g/mol. The van der Waals surface area contributed by atoms with Crippen LogP contribution in [0.15, 0.2) is 59.5 Å². The highest BCUT2D eigenvalue weighted by Gasteiger charge is 2.34. The van der Waals surface area contributed by atoms with Gasteiger partial charge in [0.1, 0.15) is 0 Å². The molecular weight excluding hydrogens is 388 g/mol. The van der Waals surface area contributed by atoms with Gasteiger partial charge in [0.2, 0.25) is 15.9 Å². The van der Waals surface area contributed by atoms with Crippen molar-refractivity contribution in [3.8, 4) is 0 Å². The Morgan fingerprint density at radius 1 is 1.03 bits per heavy atom. The Morgan fingerprint density at radius 2 is 1.69 bits per heavy atom. The summed E-state index contributed by atoms with van der Waals surface area (Å²) in [6.45, 7) is 4.49. The zero-order chi connectivity index (χ0) is 21.0. The van der Waals surface area contributed by atoms with E-state index in [0.717, 1.165) is 5.69 Å². The number of ketones is 1. The lowest BCUT2D eigenvalue weighted by molar-refractivity contribution is -0.123. The van der Waals surface area contributed by atoms with E-state index in [4.69, 9.17) is 0 Å². The van der Waals surface area contributed by atoms with Gasteiger partial charge in [-0.15, -0.1) is 0 Å². The normalized spacial score (nSPS) is 15.8. The molecule has 0 saturated carbocycles. The Kier molecular flexibility index (Phi) is 6.49. The molecule has 29 heavy (non-hydrogen) atoms. The molecule has 0 N–H and O–H groups in total. The van der Waals surface area contributed by atoms with Crippen LogP contribution in [-0.2, 0) is 14.8 Å². The summed E-state index contributed by atoms with van der Waals surface area (Å²) in [6.07, 6.45) is 0.960. The summed E-state index contributed by atoms with van der Waals surface area (Å²) >= 11 is 0. The molecular formula is C22H26N2O4S. The van der Waals surface area contributed by atoms with E-state index in [2.05, 4.69) is 0 Å². The minimum Gasteiger partial charge on any atom is -0.312 e. The number of para-hydroxylation sites is 1. The molecule has 1 aliphatic rings. The fourth-order valence-electron chi connectivity index (χ4n) is 3.66. The summed E-state index contributed by atoms with van der Waals surface area (Å²) in [4.78, 5) is 26.4. The van der Waals surface area contributed by atoms with E-state index in [1.54, 1.807) is 17.0 Å². The van der Waals surface area contributed by atoms with Gasteiger partial charge in [-0.05, 0) is 51.0 Å². The van der Waals surface area contributed by atoms with E-state index >= 15 is 0 Å². The predicted molar refractivity (Wildman–Crippen MR) is 112 cm³/mol. The molecule has 0 spiro atoms. The SMILES string of the molecule is CCN(C(=O)C1CCN(S(=O)(=O)c2cccc(C(C)=O)c2)CC1)c1ccccc1. The number of piperidine rings is 1. The van der Waals surface area contributed by atoms with Crippen LogP contribution in [0.3, 0.4) is 0 Å². The minimum absolute atomic E-state index is 0.0364. The summed E-state index contributed by atoms with van der Waals surface area (Å²) in [5, 5.41) is 0. The molecule has 7 heteroatoms. The van der Waals surface area contributed by atoms with Crippen molar-refractivity contribution in [1.29, 1.82) is 0 Å². The van der Waals surface area contributed by atoms with Crippen molar-refractivity contribution in [3.05, 3.63) is 60.2 Å². The smallest absolute Gasteiger partial charge is 0.243 e. The number of nitrogens with zero attached hydrogens (tertiary/aromatic N) is 2. The zero-order valence-electron chi connectivity index (χ0n) is 16.7. The Balaban J connectivity index is 1.70. The van der Waals surface area contributed by atoms with Crippen molar-refractivity contribution in [2.24, 2.45) is 5.92 Å². The molecule has 0 aromatic heterocycles. The highest BCUT2D eigenvalue weighted by molar-refractivity contribution is 7.89. The van der Waals surface area contributed by atoms with Gasteiger partial charge in [-0.3, -0.25) is 9.59 Å². The number of anilines is 1. The van der Waals surface area contributed by atoms with Crippen LogP contribution < -0.4 is 4.90 Å². The van der Waals surface area contributed by atoms with Gasteiger partial charge >= 0.3 is 0 Å². The number of benzene rings is 2. The number of hydrogen-bond donors (Lipinski definition) is 0. The van der Waals surface area contributed by atoms with E-state index < -0.39 is 10.0 Å². The van der Waals surface area contributed by atoms with Crippen LogP contribution in [0.2, 0.25) is 0 Å². The molecule has 1 aliphatic heterocycles. The van der Waals surface area contributed by atoms with Crippen molar-refractivity contribution in [3.63, 3.8) is 0 Å².